The fourth-order valence-corrected chi connectivity index (χ4v) is 2.64. The number of hydrazone groups is 1. The lowest BCUT2D eigenvalue weighted by atomic mass is 10.3. The van der Waals surface area contributed by atoms with Gasteiger partial charge in [-0.25, -0.2) is 5.43 Å². The van der Waals surface area contributed by atoms with Crippen molar-refractivity contribution in [1.29, 1.82) is 0 Å². The molecule has 1 fully saturated rings. The molecule has 2 atom stereocenters. The molecule has 120 valence electrons. The van der Waals surface area contributed by atoms with Crippen molar-refractivity contribution in [2.45, 2.75) is 19.3 Å². The van der Waals surface area contributed by atoms with Gasteiger partial charge in [0.2, 0.25) is 0 Å². The van der Waals surface area contributed by atoms with Crippen molar-refractivity contribution in [3.63, 3.8) is 0 Å². The van der Waals surface area contributed by atoms with E-state index in [9.17, 15) is 4.79 Å². The second-order valence-corrected chi connectivity index (χ2v) is 6.51. The topological polar surface area (TPSA) is 63.8 Å². The van der Waals surface area contributed by atoms with Gasteiger partial charge in [0, 0.05) is 10.4 Å². The fourth-order valence-electron chi connectivity index (χ4n) is 2.26. The molecule has 6 heteroatoms. The minimum atomic E-state index is -0.330. The first kappa shape index (κ1) is 15.8. The van der Waals surface area contributed by atoms with Crippen LogP contribution in [-0.4, -0.2) is 18.7 Å². The average Bonchev–Trinajstić information content (AvgIpc) is 3.07. The van der Waals surface area contributed by atoms with Gasteiger partial charge >= 0.3 is 0 Å². The second kappa shape index (κ2) is 7.00. The molecular formula is C17H17BrN2O3. The summed E-state index contributed by atoms with van der Waals surface area (Å²) in [5.74, 6) is 3.14. The Hall–Kier alpha value is -2.08. The highest BCUT2D eigenvalue weighted by molar-refractivity contribution is 9.10. The number of benzene rings is 1. The van der Waals surface area contributed by atoms with Crippen LogP contribution in [-0.2, 0) is 4.79 Å². The highest BCUT2D eigenvalue weighted by atomic mass is 79.9. The number of ether oxygens (including phenoxy) is 1. The van der Waals surface area contributed by atoms with Gasteiger partial charge in [-0.05, 0) is 42.7 Å². The summed E-state index contributed by atoms with van der Waals surface area (Å²) >= 11 is 3.34. The lowest BCUT2D eigenvalue weighted by molar-refractivity contribution is -0.123. The zero-order valence-corrected chi connectivity index (χ0v) is 14.2. The Kier molecular flexibility index (Phi) is 4.81. The molecule has 5 nitrogen and oxygen atoms in total. The van der Waals surface area contributed by atoms with Crippen LogP contribution in [0.5, 0.6) is 5.75 Å². The molecule has 0 bridgehead atoms. The van der Waals surface area contributed by atoms with Gasteiger partial charge in [0.1, 0.15) is 17.3 Å². The predicted molar refractivity (Wildman–Crippen MR) is 90.6 cm³/mol. The zero-order valence-electron chi connectivity index (χ0n) is 12.7. The maximum atomic E-state index is 11.7. The van der Waals surface area contributed by atoms with E-state index in [0.717, 1.165) is 10.2 Å². The van der Waals surface area contributed by atoms with Crippen LogP contribution in [0.2, 0.25) is 0 Å². The molecule has 23 heavy (non-hydrogen) atoms. The first-order chi connectivity index (χ1) is 11.1. The standard InChI is InChI=1S/C17H17BrN2O3/c1-11-7-15(11)16-6-5-14(23-16)9-19-20-17(21)10-22-13-4-2-3-12(18)8-13/h2-6,8-9,11,15H,7,10H2,1H3,(H,20,21)/b19-9-/t11-,15+/m1/s1. The first-order valence-corrected chi connectivity index (χ1v) is 8.21. The van der Waals surface area contributed by atoms with Crippen molar-refractivity contribution in [2.24, 2.45) is 11.0 Å². The Balaban J connectivity index is 1.44. The van der Waals surface area contributed by atoms with Gasteiger partial charge < -0.3 is 9.15 Å². The summed E-state index contributed by atoms with van der Waals surface area (Å²) in [6.45, 7) is 2.10. The van der Waals surface area contributed by atoms with Crippen molar-refractivity contribution < 1.29 is 13.9 Å². The number of carbonyl (C=O) groups is 1. The van der Waals surface area contributed by atoms with Crippen molar-refractivity contribution >= 4 is 28.1 Å². The molecule has 1 aromatic heterocycles. The van der Waals surface area contributed by atoms with Crippen LogP contribution in [0.4, 0.5) is 0 Å². The quantitative estimate of drug-likeness (QED) is 0.617. The molecule has 0 unspecified atom stereocenters. The maximum Gasteiger partial charge on any atom is 0.277 e. The van der Waals surface area contributed by atoms with E-state index in [4.69, 9.17) is 9.15 Å². The van der Waals surface area contributed by atoms with Crippen LogP contribution in [0.3, 0.4) is 0 Å². The summed E-state index contributed by atoms with van der Waals surface area (Å²) in [5.41, 5.74) is 2.41. The molecule has 2 aromatic rings. The van der Waals surface area contributed by atoms with Crippen LogP contribution in [0.15, 0.2) is 50.4 Å². The molecule has 1 N–H and O–H groups in total. The van der Waals surface area contributed by atoms with Crippen molar-refractivity contribution in [2.75, 3.05) is 6.61 Å². The van der Waals surface area contributed by atoms with Gasteiger partial charge in [-0.3, -0.25) is 4.79 Å². The lowest BCUT2D eigenvalue weighted by Gasteiger charge is -2.04. The van der Waals surface area contributed by atoms with E-state index in [1.165, 1.54) is 12.6 Å². The van der Waals surface area contributed by atoms with Crippen LogP contribution in [0.1, 0.15) is 30.8 Å². The highest BCUT2D eigenvalue weighted by Gasteiger charge is 2.36. The smallest absolute Gasteiger partial charge is 0.277 e. The molecule has 1 amide bonds. The summed E-state index contributed by atoms with van der Waals surface area (Å²) in [5, 5.41) is 3.88. The number of rotatable bonds is 6. The SMILES string of the molecule is C[C@@H]1C[C@@H]1c1ccc(/C=N\NC(=O)COc2cccc(Br)c2)o1. The Morgan fingerprint density at radius 1 is 1.48 bits per heavy atom. The molecule has 0 spiro atoms. The summed E-state index contributed by atoms with van der Waals surface area (Å²) in [7, 11) is 0. The van der Waals surface area contributed by atoms with Crippen LogP contribution < -0.4 is 10.2 Å². The van der Waals surface area contributed by atoms with Gasteiger partial charge in [0.15, 0.2) is 6.61 Å². The van der Waals surface area contributed by atoms with E-state index in [0.29, 0.717) is 23.3 Å². The summed E-state index contributed by atoms with van der Waals surface area (Å²) in [4.78, 5) is 11.7. The Morgan fingerprint density at radius 3 is 3.04 bits per heavy atom. The Labute approximate surface area is 142 Å². The molecule has 3 rings (SSSR count). The highest BCUT2D eigenvalue weighted by Crippen LogP contribution is 2.47. The van der Waals surface area contributed by atoms with Crippen molar-refractivity contribution in [3.05, 3.63) is 52.4 Å². The zero-order chi connectivity index (χ0) is 16.2. The minimum Gasteiger partial charge on any atom is -0.484 e. The number of hydrogen-bond acceptors (Lipinski definition) is 4. The Bertz CT molecular complexity index is 726. The molecule has 0 radical (unpaired) electrons. The summed E-state index contributed by atoms with van der Waals surface area (Å²) in [6.07, 6.45) is 2.67. The number of furan rings is 1. The van der Waals surface area contributed by atoms with E-state index < -0.39 is 0 Å². The number of amides is 1. The fraction of sp³-hybridized carbons (Fsp3) is 0.294. The lowest BCUT2D eigenvalue weighted by Crippen LogP contribution is -2.24. The average molecular weight is 377 g/mol. The molecular weight excluding hydrogens is 360 g/mol. The molecule has 0 saturated heterocycles. The Morgan fingerprint density at radius 2 is 2.30 bits per heavy atom. The van der Waals surface area contributed by atoms with Crippen LogP contribution >= 0.6 is 15.9 Å². The molecule has 1 saturated carbocycles. The van der Waals surface area contributed by atoms with Gasteiger partial charge in [0.25, 0.3) is 5.91 Å². The molecule has 1 aliphatic rings. The van der Waals surface area contributed by atoms with E-state index in [1.54, 1.807) is 12.1 Å². The number of nitrogens with one attached hydrogen (secondary N) is 1. The third kappa shape index (κ3) is 4.45. The van der Waals surface area contributed by atoms with E-state index in [-0.39, 0.29) is 12.5 Å². The first-order valence-electron chi connectivity index (χ1n) is 7.42. The molecule has 1 aliphatic carbocycles. The summed E-state index contributed by atoms with van der Waals surface area (Å²) in [6, 6.07) is 11.1. The van der Waals surface area contributed by atoms with Crippen molar-refractivity contribution in [1.82, 2.24) is 5.43 Å². The van der Waals surface area contributed by atoms with Gasteiger partial charge in [-0.15, -0.1) is 0 Å². The normalized spacial score (nSPS) is 19.7. The van der Waals surface area contributed by atoms with Gasteiger partial charge in [-0.2, -0.15) is 5.10 Å². The third-order valence-electron chi connectivity index (χ3n) is 3.67. The van der Waals surface area contributed by atoms with Crippen LogP contribution in [0, 0.1) is 5.92 Å². The molecule has 1 heterocycles. The van der Waals surface area contributed by atoms with E-state index in [2.05, 4.69) is 33.4 Å². The van der Waals surface area contributed by atoms with E-state index in [1.807, 2.05) is 24.3 Å². The number of hydrogen-bond donors (Lipinski definition) is 1. The number of halogens is 1. The van der Waals surface area contributed by atoms with Gasteiger partial charge in [-0.1, -0.05) is 28.9 Å². The monoisotopic (exact) mass is 376 g/mol. The second-order valence-electron chi connectivity index (χ2n) is 5.60. The third-order valence-corrected chi connectivity index (χ3v) is 4.16. The maximum absolute atomic E-state index is 11.7. The van der Waals surface area contributed by atoms with Gasteiger partial charge in [0.05, 0.1) is 6.21 Å². The predicted octanol–water partition coefficient (Wildman–Crippen LogP) is 3.69. The van der Waals surface area contributed by atoms with E-state index >= 15 is 0 Å². The van der Waals surface area contributed by atoms with Crippen LogP contribution in [0.25, 0.3) is 0 Å². The van der Waals surface area contributed by atoms with Crippen molar-refractivity contribution in [3.8, 4) is 5.75 Å². The minimum absolute atomic E-state index is 0.100. The number of carbonyl (C=O) groups excluding carboxylic acids is 1. The molecule has 1 aromatic carbocycles. The largest absolute Gasteiger partial charge is 0.484 e. The summed E-state index contributed by atoms with van der Waals surface area (Å²) < 4.78 is 11.9. The number of nitrogens with zero attached hydrogens (tertiary/aromatic N) is 1. The molecule has 0 aliphatic heterocycles.